The van der Waals surface area contributed by atoms with Crippen LogP contribution in [0.5, 0.6) is 0 Å². The Balaban J connectivity index is 2.49. The zero-order valence-electron chi connectivity index (χ0n) is 11.1. The lowest BCUT2D eigenvalue weighted by atomic mass is 9.97. The molecule has 2 unspecified atom stereocenters. The Morgan fingerprint density at radius 2 is 2.12 bits per heavy atom. The van der Waals surface area contributed by atoms with Gasteiger partial charge in [-0.1, -0.05) is 13.8 Å². The molecule has 0 aromatic carbocycles. The van der Waals surface area contributed by atoms with Crippen molar-refractivity contribution in [3.8, 4) is 0 Å². The van der Waals surface area contributed by atoms with Gasteiger partial charge in [-0.15, -0.1) is 0 Å². The molecular formula is C11H24N2O3S. The van der Waals surface area contributed by atoms with E-state index in [1.807, 2.05) is 27.7 Å². The van der Waals surface area contributed by atoms with E-state index in [2.05, 4.69) is 10.0 Å². The summed E-state index contributed by atoms with van der Waals surface area (Å²) in [6.07, 6.45) is 0.653. The van der Waals surface area contributed by atoms with E-state index >= 15 is 0 Å². The molecule has 1 aliphatic rings. The number of rotatable bonds is 6. The second-order valence-electron chi connectivity index (χ2n) is 5.21. The molecule has 1 saturated heterocycles. The first-order valence-corrected chi connectivity index (χ1v) is 7.77. The number of nitrogens with one attached hydrogen (secondary N) is 2. The van der Waals surface area contributed by atoms with Gasteiger partial charge in [-0.3, -0.25) is 0 Å². The first kappa shape index (κ1) is 14.9. The summed E-state index contributed by atoms with van der Waals surface area (Å²) in [5.41, 5.74) is -0.462. The van der Waals surface area contributed by atoms with Crippen molar-refractivity contribution in [1.82, 2.24) is 10.0 Å². The molecule has 1 rings (SSSR count). The number of hydrogen-bond donors (Lipinski definition) is 2. The fourth-order valence-corrected chi connectivity index (χ4v) is 3.32. The predicted octanol–water partition coefficient (Wildman–Crippen LogP) is 0.471. The Kier molecular flexibility index (Phi) is 4.95. The molecule has 1 heterocycles. The monoisotopic (exact) mass is 264 g/mol. The van der Waals surface area contributed by atoms with Crippen LogP contribution in [0.15, 0.2) is 0 Å². The van der Waals surface area contributed by atoms with Gasteiger partial charge in [0.05, 0.1) is 17.4 Å². The molecule has 2 atom stereocenters. The van der Waals surface area contributed by atoms with Crippen molar-refractivity contribution in [2.24, 2.45) is 0 Å². The number of ether oxygens (including phenoxy) is 1. The molecule has 0 radical (unpaired) electrons. The molecule has 2 N–H and O–H groups in total. The molecule has 0 aromatic rings. The molecule has 0 saturated carbocycles. The van der Waals surface area contributed by atoms with Crippen LogP contribution in [0, 0.1) is 0 Å². The van der Waals surface area contributed by atoms with Crippen molar-refractivity contribution in [2.75, 3.05) is 18.9 Å². The summed E-state index contributed by atoms with van der Waals surface area (Å²) in [6, 6.07) is 0.300. The van der Waals surface area contributed by atoms with Crippen LogP contribution in [-0.4, -0.2) is 45.0 Å². The third kappa shape index (κ3) is 4.54. The molecule has 102 valence electrons. The minimum atomic E-state index is -3.24. The molecule has 0 amide bonds. The van der Waals surface area contributed by atoms with Crippen LogP contribution in [0.4, 0.5) is 0 Å². The third-order valence-corrected chi connectivity index (χ3v) is 4.72. The van der Waals surface area contributed by atoms with E-state index in [4.69, 9.17) is 4.74 Å². The average Bonchev–Trinajstić information content (AvgIpc) is 2.44. The van der Waals surface area contributed by atoms with Gasteiger partial charge in [-0.2, -0.15) is 0 Å². The van der Waals surface area contributed by atoms with Crippen LogP contribution >= 0.6 is 0 Å². The van der Waals surface area contributed by atoms with Crippen molar-refractivity contribution in [1.29, 1.82) is 0 Å². The zero-order chi connectivity index (χ0) is 13.1. The second kappa shape index (κ2) is 5.65. The maximum Gasteiger partial charge on any atom is 0.213 e. The van der Waals surface area contributed by atoms with Gasteiger partial charge in [0.1, 0.15) is 0 Å². The second-order valence-corrected chi connectivity index (χ2v) is 7.05. The van der Waals surface area contributed by atoms with Gasteiger partial charge in [0.25, 0.3) is 0 Å². The van der Waals surface area contributed by atoms with E-state index in [0.717, 1.165) is 6.42 Å². The maximum absolute atomic E-state index is 11.9. The quantitative estimate of drug-likeness (QED) is 0.732. The number of sulfonamides is 1. The highest BCUT2D eigenvalue weighted by Gasteiger charge is 2.39. The Hall–Kier alpha value is -0.170. The smallest absolute Gasteiger partial charge is 0.213 e. The van der Waals surface area contributed by atoms with Crippen molar-refractivity contribution < 1.29 is 13.2 Å². The summed E-state index contributed by atoms with van der Waals surface area (Å²) < 4.78 is 32.0. The molecule has 0 aliphatic carbocycles. The highest BCUT2D eigenvalue weighted by atomic mass is 32.2. The summed E-state index contributed by atoms with van der Waals surface area (Å²) in [5.74, 6) is 0.105. The topological polar surface area (TPSA) is 67.4 Å². The van der Waals surface area contributed by atoms with Crippen LogP contribution < -0.4 is 10.0 Å². The Bertz CT molecular complexity index is 343. The van der Waals surface area contributed by atoms with Crippen LogP contribution in [0.3, 0.4) is 0 Å². The van der Waals surface area contributed by atoms with Crippen molar-refractivity contribution in [2.45, 2.75) is 51.8 Å². The molecule has 5 nitrogen and oxygen atoms in total. The van der Waals surface area contributed by atoms with Crippen LogP contribution in [0.1, 0.15) is 34.1 Å². The Labute approximate surface area is 104 Å². The van der Waals surface area contributed by atoms with Crippen molar-refractivity contribution in [3.05, 3.63) is 0 Å². The fraction of sp³-hybridized carbons (Fsp3) is 1.00. The van der Waals surface area contributed by atoms with Gasteiger partial charge in [-0.25, -0.2) is 13.1 Å². The summed E-state index contributed by atoms with van der Waals surface area (Å²) >= 11 is 0. The molecule has 1 aliphatic heterocycles. The van der Waals surface area contributed by atoms with E-state index in [1.165, 1.54) is 0 Å². The van der Waals surface area contributed by atoms with Crippen LogP contribution in [-0.2, 0) is 14.8 Å². The lowest BCUT2D eigenvalue weighted by molar-refractivity contribution is 0.0957. The van der Waals surface area contributed by atoms with Crippen LogP contribution in [0.25, 0.3) is 0 Å². The van der Waals surface area contributed by atoms with Gasteiger partial charge in [0.15, 0.2) is 0 Å². The molecule has 17 heavy (non-hydrogen) atoms. The molecule has 1 fully saturated rings. The minimum Gasteiger partial charge on any atom is -0.376 e. The lowest BCUT2D eigenvalue weighted by Gasteiger charge is -2.28. The SMILES string of the molecule is CC(C)NCCS(=O)(=O)NC1(C)CCOC1C. The summed E-state index contributed by atoms with van der Waals surface area (Å²) in [7, 11) is -3.24. The summed E-state index contributed by atoms with van der Waals surface area (Å²) in [4.78, 5) is 0. The zero-order valence-corrected chi connectivity index (χ0v) is 11.9. The lowest BCUT2D eigenvalue weighted by Crippen LogP contribution is -2.52. The minimum absolute atomic E-state index is 0.0738. The van der Waals surface area contributed by atoms with E-state index in [1.54, 1.807) is 0 Å². The van der Waals surface area contributed by atoms with Gasteiger partial charge in [-0.05, 0) is 20.3 Å². The first-order valence-electron chi connectivity index (χ1n) is 6.12. The number of hydrogen-bond acceptors (Lipinski definition) is 4. The Morgan fingerprint density at radius 1 is 1.47 bits per heavy atom. The highest BCUT2D eigenvalue weighted by molar-refractivity contribution is 7.89. The van der Waals surface area contributed by atoms with Gasteiger partial charge < -0.3 is 10.1 Å². The fourth-order valence-electron chi connectivity index (χ4n) is 1.86. The summed E-state index contributed by atoms with van der Waals surface area (Å²) in [6.45, 7) is 8.88. The first-order chi connectivity index (χ1) is 7.75. The van der Waals surface area contributed by atoms with E-state index < -0.39 is 15.6 Å². The van der Waals surface area contributed by atoms with Crippen molar-refractivity contribution in [3.63, 3.8) is 0 Å². The van der Waals surface area contributed by atoms with E-state index in [9.17, 15) is 8.42 Å². The molecule has 0 aromatic heterocycles. The molecule has 0 bridgehead atoms. The molecular weight excluding hydrogens is 240 g/mol. The standard InChI is InChI=1S/C11H24N2O3S/c1-9(2)12-6-8-17(14,15)13-11(4)5-7-16-10(11)3/h9-10,12-13H,5-8H2,1-4H3. The third-order valence-electron chi connectivity index (χ3n) is 3.20. The van der Waals surface area contributed by atoms with E-state index in [0.29, 0.717) is 19.2 Å². The van der Waals surface area contributed by atoms with Crippen LogP contribution in [0.2, 0.25) is 0 Å². The largest absolute Gasteiger partial charge is 0.376 e. The summed E-state index contributed by atoms with van der Waals surface area (Å²) in [5, 5.41) is 3.10. The molecule has 0 spiro atoms. The van der Waals surface area contributed by atoms with Gasteiger partial charge in [0, 0.05) is 19.2 Å². The maximum atomic E-state index is 11.9. The highest BCUT2D eigenvalue weighted by Crippen LogP contribution is 2.25. The predicted molar refractivity (Wildman–Crippen MR) is 68.5 cm³/mol. The van der Waals surface area contributed by atoms with Gasteiger partial charge in [0.2, 0.25) is 10.0 Å². The van der Waals surface area contributed by atoms with E-state index in [-0.39, 0.29) is 11.9 Å². The average molecular weight is 264 g/mol. The molecule has 6 heteroatoms. The van der Waals surface area contributed by atoms with Gasteiger partial charge >= 0.3 is 0 Å². The Morgan fingerprint density at radius 3 is 2.59 bits per heavy atom. The van der Waals surface area contributed by atoms with Crippen molar-refractivity contribution >= 4 is 10.0 Å². The normalized spacial score (nSPS) is 30.1.